The summed E-state index contributed by atoms with van der Waals surface area (Å²) in [5.74, 6) is -4.84. The Kier molecular flexibility index (Phi) is 5.76. The van der Waals surface area contributed by atoms with Gasteiger partial charge in [0.2, 0.25) is 0 Å². The summed E-state index contributed by atoms with van der Waals surface area (Å²) in [5, 5.41) is 9.40. The van der Waals surface area contributed by atoms with Gasteiger partial charge in [-0.2, -0.15) is 22.0 Å². The maximum atomic E-state index is 12.3. The lowest BCUT2D eigenvalue weighted by molar-refractivity contribution is -0.296. The summed E-state index contributed by atoms with van der Waals surface area (Å²) < 4.78 is 64.0. The van der Waals surface area contributed by atoms with Crippen molar-refractivity contribution in [1.82, 2.24) is 0 Å². The number of aliphatic hydroxyl groups is 1. The van der Waals surface area contributed by atoms with Gasteiger partial charge in [0.15, 0.2) is 0 Å². The molecule has 17 heavy (non-hydrogen) atoms. The molecule has 0 fully saturated rings. The van der Waals surface area contributed by atoms with Crippen molar-refractivity contribution < 1.29 is 31.8 Å². The highest BCUT2D eigenvalue weighted by Crippen LogP contribution is 2.35. The van der Waals surface area contributed by atoms with Crippen LogP contribution in [0.3, 0.4) is 0 Å². The molecule has 0 saturated heterocycles. The molecule has 104 valence electrons. The van der Waals surface area contributed by atoms with Gasteiger partial charge >= 0.3 is 12.1 Å². The molecule has 0 aromatic carbocycles. The summed E-state index contributed by atoms with van der Waals surface area (Å²) >= 11 is 0. The zero-order valence-corrected chi connectivity index (χ0v) is 9.36. The van der Waals surface area contributed by atoms with Gasteiger partial charge in [0.25, 0.3) is 0 Å². The van der Waals surface area contributed by atoms with Crippen LogP contribution in [0.1, 0.15) is 19.8 Å². The van der Waals surface area contributed by atoms with Crippen LogP contribution >= 0.6 is 0 Å². The van der Waals surface area contributed by atoms with E-state index in [9.17, 15) is 27.1 Å². The van der Waals surface area contributed by atoms with Crippen LogP contribution in [0.5, 0.6) is 0 Å². The second-order valence-electron chi connectivity index (χ2n) is 4.06. The lowest BCUT2D eigenvalue weighted by Crippen LogP contribution is -2.41. The first-order valence-corrected chi connectivity index (χ1v) is 4.96. The summed E-state index contributed by atoms with van der Waals surface area (Å²) in [7, 11) is 0. The second-order valence-corrected chi connectivity index (χ2v) is 4.06. The quantitative estimate of drug-likeness (QED) is 0.544. The Morgan fingerprint density at radius 3 is 2.12 bits per heavy atom. The van der Waals surface area contributed by atoms with Crippen molar-refractivity contribution >= 4 is 0 Å². The largest absolute Gasteiger partial charge is 0.455 e. The molecule has 0 radical (unpaired) electrons. The molecule has 0 rings (SSSR count). The fourth-order valence-electron chi connectivity index (χ4n) is 0.939. The van der Waals surface area contributed by atoms with E-state index in [-0.39, 0.29) is 26.0 Å². The van der Waals surface area contributed by atoms with E-state index in [0.717, 1.165) is 0 Å². The fraction of sp³-hybridized carbons (Fsp3) is 1.00. The van der Waals surface area contributed by atoms with E-state index in [4.69, 9.17) is 5.73 Å². The molecule has 0 amide bonds. The first-order chi connectivity index (χ1) is 7.52. The Balaban J connectivity index is 3.80. The van der Waals surface area contributed by atoms with Crippen molar-refractivity contribution in [1.29, 1.82) is 0 Å². The lowest BCUT2D eigenvalue weighted by Gasteiger charge is -2.22. The molecule has 0 heterocycles. The van der Waals surface area contributed by atoms with Gasteiger partial charge in [-0.25, -0.2) is 0 Å². The summed E-state index contributed by atoms with van der Waals surface area (Å²) in [5.41, 5.74) is 4.03. The van der Waals surface area contributed by atoms with E-state index in [1.54, 1.807) is 0 Å². The number of alkyl halides is 5. The van der Waals surface area contributed by atoms with Gasteiger partial charge < -0.3 is 15.6 Å². The van der Waals surface area contributed by atoms with Crippen molar-refractivity contribution in [3.8, 4) is 0 Å². The molecule has 0 aliphatic carbocycles. The maximum absolute atomic E-state index is 12.3. The molecule has 0 aliphatic rings. The monoisotopic (exact) mass is 265 g/mol. The molecular weight excluding hydrogens is 249 g/mol. The van der Waals surface area contributed by atoms with Gasteiger partial charge in [-0.15, -0.1) is 0 Å². The lowest BCUT2D eigenvalue weighted by atomic mass is 10.0. The Bertz CT molecular complexity index is 230. The standard InChI is InChI=1S/C9H16F5NO2/c1-7(16,5-15)3-2-4-17-6-8(10,11)9(12,13)14/h16H,2-6,15H2,1H3. The van der Waals surface area contributed by atoms with Crippen LogP contribution in [0.2, 0.25) is 0 Å². The number of rotatable bonds is 7. The average Bonchev–Trinajstić information content (AvgIpc) is 2.15. The van der Waals surface area contributed by atoms with E-state index >= 15 is 0 Å². The van der Waals surface area contributed by atoms with Gasteiger partial charge in [-0.3, -0.25) is 0 Å². The van der Waals surface area contributed by atoms with Gasteiger partial charge in [0, 0.05) is 13.2 Å². The molecule has 0 aromatic rings. The Labute approximate surface area is 95.7 Å². The first kappa shape index (κ1) is 16.5. The molecule has 0 aliphatic heterocycles. The second kappa shape index (κ2) is 5.92. The van der Waals surface area contributed by atoms with Gasteiger partial charge in [-0.1, -0.05) is 0 Å². The van der Waals surface area contributed by atoms with Crippen LogP contribution in [0.25, 0.3) is 0 Å². The van der Waals surface area contributed by atoms with Crippen molar-refractivity contribution in [2.24, 2.45) is 5.73 Å². The summed E-state index contributed by atoms with van der Waals surface area (Å²) in [6.07, 6.45) is -5.28. The van der Waals surface area contributed by atoms with Gasteiger partial charge in [0.1, 0.15) is 6.61 Å². The molecule has 0 bridgehead atoms. The number of hydrogen-bond donors (Lipinski definition) is 2. The highest BCUT2D eigenvalue weighted by Gasteiger charge is 2.57. The van der Waals surface area contributed by atoms with E-state index in [1.807, 2.05) is 0 Å². The summed E-state index contributed by atoms with van der Waals surface area (Å²) in [4.78, 5) is 0. The molecule has 3 nitrogen and oxygen atoms in total. The van der Waals surface area contributed by atoms with Crippen molar-refractivity contribution in [3.63, 3.8) is 0 Å². The number of nitrogens with two attached hydrogens (primary N) is 1. The van der Waals surface area contributed by atoms with E-state index in [0.29, 0.717) is 0 Å². The highest BCUT2D eigenvalue weighted by molar-refractivity contribution is 4.75. The van der Waals surface area contributed by atoms with Crippen LogP contribution in [-0.2, 0) is 4.74 Å². The molecule has 0 saturated carbocycles. The third-order valence-electron chi connectivity index (χ3n) is 2.14. The SMILES string of the molecule is CC(O)(CN)CCCOCC(F)(F)C(F)(F)F. The summed E-state index contributed by atoms with van der Waals surface area (Å²) in [6.45, 7) is -0.577. The minimum absolute atomic E-state index is 0.0221. The molecule has 3 N–H and O–H groups in total. The average molecular weight is 265 g/mol. The Morgan fingerprint density at radius 1 is 1.18 bits per heavy atom. The van der Waals surface area contributed by atoms with Gasteiger partial charge in [0.05, 0.1) is 5.60 Å². The maximum Gasteiger partial charge on any atom is 0.455 e. The number of ether oxygens (including phenoxy) is 1. The van der Waals surface area contributed by atoms with Crippen LogP contribution in [0, 0.1) is 0 Å². The third-order valence-corrected chi connectivity index (χ3v) is 2.14. The predicted molar refractivity (Wildman–Crippen MR) is 50.7 cm³/mol. The first-order valence-electron chi connectivity index (χ1n) is 4.96. The normalized spacial score (nSPS) is 16.9. The van der Waals surface area contributed by atoms with Crippen LogP contribution < -0.4 is 5.73 Å². The summed E-state index contributed by atoms with van der Waals surface area (Å²) in [6, 6.07) is 0. The minimum Gasteiger partial charge on any atom is -0.389 e. The van der Waals surface area contributed by atoms with Gasteiger partial charge in [-0.05, 0) is 19.8 Å². The van der Waals surface area contributed by atoms with E-state index < -0.39 is 24.3 Å². The molecule has 0 spiro atoms. The fourth-order valence-corrected chi connectivity index (χ4v) is 0.939. The minimum atomic E-state index is -5.60. The Morgan fingerprint density at radius 2 is 1.71 bits per heavy atom. The number of hydrogen-bond acceptors (Lipinski definition) is 3. The van der Waals surface area contributed by atoms with Crippen molar-refractivity contribution in [2.75, 3.05) is 19.8 Å². The van der Waals surface area contributed by atoms with Crippen LogP contribution in [0.15, 0.2) is 0 Å². The smallest absolute Gasteiger partial charge is 0.389 e. The van der Waals surface area contributed by atoms with Crippen LogP contribution in [-0.4, -0.2) is 42.6 Å². The zero-order valence-electron chi connectivity index (χ0n) is 9.36. The zero-order chi connectivity index (χ0) is 13.7. The molecule has 1 atom stereocenters. The van der Waals surface area contributed by atoms with E-state index in [1.165, 1.54) is 6.92 Å². The predicted octanol–water partition coefficient (Wildman–Crippen LogP) is 1.69. The van der Waals surface area contributed by atoms with Crippen molar-refractivity contribution in [2.45, 2.75) is 37.5 Å². The number of halogens is 5. The molecule has 1 unspecified atom stereocenters. The van der Waals surface area contributed by atoms with Crippen molar-refractivity contribution in [3.05, 3.63) is 0 Å². The van der Waals surface area contributed by atoms with E-state index in [2.05, 4.69) is 4.74 Å². The third kappa shape index (κ3) is 6.13. The Hall–Kier alpha value is -0.470. The van der Waals surface area contributed by atoms with Crippen LogP contribution in [0.4, 0.5) is 22.0 Å². The highest BCUT2D eigenvalue weighted by atomic mass is 19.4. The molecule has 0 aromatic heterocycles. The molecule has 8 heteroatoms. The molecular formula is C9H16F5NO2. The topological polar surface area (TPSA) is 55.5 Å².